The molecule has 2 rings (SSSR count). The molecule has 1 N–H and O–H groups in total. The molecule has 0 bridgehead atoms. The van der Waals surface area contributed by atoms with Crippen LogP contribution in [0.3, 0.4) is 0 Å². The second-order valence-electron chi connectivity index (χ2n) is 11.3. The van der Waals surface area contributed by atoms with Crippen LogP contribution in [-0.2, 0) is 17.8 Å². The summed E-state index contributed by atoms with van der Waals surface area (Å²) in [5, 5.41) is 9.96. The molecule has 0 amide bonds. The van der Waals surface area contributed by atoms with Crippen LogP contribution in [0, 0.1) is 13.8 Å². The summed E-state index contributed by atoms with van der Waals surface area (Å²) in [4.78, 5) is 24.6. The van der Waals surface area contributed by atoms with Crippen LogP contribution in [0.5, 0.6) is 0 Å². The number of unbranched alkanes of at least 4 members (excludes halogenated alkanes) is 14. The minimum atomic E-state index is -0.822. The maximum Gasteiger partial charge on any atom is 0.303 e. The number of benzene rings is 1. The van der Waals surface area contributed by atoms with E-state index < -0.39 is 5.97 Å². The monoisotopic (exact) mass is 557 g/mol. The molecule has 39 heavy (non-hydrogen) atoms. The molecule has 4 nitrogen and oxygen atoms in total. The summed E-state index contributed by atoms with van der Waals surface area (Å²) >= 11 is 6.05. The van der Waals surface area contributed by atoms with E-state index in [1.54, 1.807) is 0 Å². The van der Waals surface area contributed by atoms with Crippen molar-refractivity contribution in [3.05, 3.63) is 57.4 Å². The Labute approximate surface area is 242 Å². The lowest BCUT2D eigenvalue weighted by Crippen LogP contribution is -2.09. The topological polar surface area (TPSA) is 59.3 Å². The van der Waals surface area contributed by atoms with Crippen LogP contribution in [0.2, 0.25) is 5.02 Å². The number of hydrogen-bond donors (Lipinski definition) is 1. The maximum atomic E-state index is 13.3. The number of Topliss-reactive ketones (excluding diaryl/α,β-unsaturated/α-hetero) is 1. The number of aromatic nitrogens is 1. The molecule has 0 atom stereocenters. The lowest BCUT2D eigenvalue weighted by atomic mass is 9.99. The highest BCUT2D eigenvalue weighted by atomic mass is 35.5. The fourth-order valence-electron chi connectivity index (χ4n) is 5.68. The van der Waals surface area contributed by atoms with Crippen molar-refractivity contribution >= 4 is 23.4 Å². The second-order valence-corrected chi connectivity index (χ2v) is 11.7. The summed E-state index contributed by atoms with van der Waals surface area (Å²) in [6, 6.07) is 7.69. The highest BCUT2D eigenvalue weighted by Crippen LogP contribution is 2.27. The zero-order valence-electron chi connectivity index (χ0n) is 24.8. The average Bonchev–Trinajstić information content (AvgIpc) is 3.14. The average molecular weight is 558 g/mol. The van der Waals surface area contributed by atoms with E-state index in [1.165, 1.54) is 83.5 Å². The largest absolute Gasteiger partial charge is 0.481 e. The summed E-state index contributed by atoms with van der Waals surface area (Å²) in [7, 11) is 0. The van der Waals surface area contributed by atoms with Gasteiger partial charge in [-0.25, -0.2) is 0 Å². The van der Waals surface area contributed by atoms with E-state index in [9.17, 15) is 14.7 Å². The van der Waals surface area contributed by atoms with Crippen molar-refractivity contribution in [2.24, 2.45) is 0 Å². The number of carboxylic acid groups (broad SMARTS) is 1. The summed E-state index contributed by atoms with van der Waals surface area (Å²) in [6.07, 6.45) is 20.7. The molecule has 0 fully saturated rings. The van der Waals surface area contributed by atoms with Crippen molar-refractivity contribution in [2.45, 2.75) is 143 Å². The molecule has 0 saturated heterocycles. The number of carbonyl (C=O) groups is 2. The smallest absolute Gasteiger partial charge is 0.303 e. The number of aliphatic carboxylic acids is 1. The molecule has 0 unspecified atom stereocenters. The van der Waals surface area contributed by atoms with Gasteiger partial charge in [0.05, 0.1) is 6.42 Å². The minimum Gasteiger partial charge on any atom is -0.481 e. The van der Waals surface area contributed by atoms with Gasteiger partial charge >= 0.3 is 5.97 Å². The number of ketones is 1. The number of hydrogen-bond acceptors (Lipinski definition) is 2. The van der Waals surface area contributed by atoms with E-state index in [0.29, 0.717) is 24.4 Å². The van der Waals surface area contributed by atoms with Crippen molar-refractivity contribution in [3.8, 4) is 0 Å². The molecule has 0 aliphatic heterocycles. The quantitative estimate of drug-likeness (QED) is 0.116. The van der Waals surface area contributed by atoms with Gasteiger partial charge in [-0.1, -0.05) is 121 Å². The van der Waals surface area contributed by atoms with E-state index in [1.807, 2.05) is 38.1 Å². The first-order valence-electron chi connectivity index (χ1n) is 15.5. The van der Waals surface area contributed by atoms with Crippen LogP contribution in [0.1, 0.15) is 149 Å². The number of rotatable bonds is 22. The summed E-state index contributed by atoms with van der Waals surface area (Å²) in [5.74, 6) is -0.636. The first kappa shape index (κ1) is 33.1. The van der Waals surface area contributed by atoms with E-state index in [4.69, 9.17) is 11.6 Å². The van der Waals surface area contributed by atoms with Gasteiger partial charge in [-0.2, -0.15) is 0 Å². The molecule has 0 aliphatic carbocycles. The highest BCUT2D eigenvalue weighted by Gasteiger charge is 2.22. The van der Waals surface area contributed by atoms with Gasteiger partial charge in [0.25, 0.3) is 0 Å². The fraction of sp³-hybridized carbons (Fsp3) is 0.647. The molecule has 0 radical (unpaired) electrons. The third kappa shape index (κ3) is 12.3. The number of carbonyl (C=O) groups excluding carboxylic acids is 1. The molecule has 2 aromatic rings. The Kier molecular flexibility index (Phi) is 16.2. The standard InChI is InChI=1S/C34H52ClNO3/c1-4-5-6-7-8-9-10-11-12-13-14-15-16-17-18-19-32(37)34-27(2)31(24-25-33(38)39)36(28(34)3)26-29-20-22-30(35)23-21-29/h20-23H,4-19,24-26H2,1-3H3,(H,38,39). The maximum absolute atomic E-state index is 13.3. The fourth-order valence-corrected chi connectivity index (χ4v) is 5.81. The third-order valence-electron chi connectivity index (χ3n) is 8.02. The van der Waals surface area contributed by atoms with Gasteiger partial charge in [0.15, 0.2) is 5.78 Å². The van der Waals surface area contributed by atoms with Gasteiger partial charge in [-0.05, 0) is 49.9 Å². The molecule has 0 spiro atoms. The molecule has 0 saturated carbocycles. The molecular formula is C34H52ClNO3. The van der Waals surface area contributed by atoms with E-state index >= 15 is 0 Å². The molecule has 0 aliphatic rings. The van der Waals surface area contributed by atoms with Crippen LogP contribution >= 0.6 is 11.6 Å². The van der Waals surface area contributed by atoms with Crippen molar-refractivity contribution in [2.75, 3.05) is 0 Å². The van der Waals surface area contributed by atoms with Gasteiger partial charge in [-0.15, -0.1) is 0 Å². The first-order chi connectivity index (χ1) is 18.8. The van der Waals surface area contributed by atoms with Crippen LogP contribution in [-0.4, -0.2) is 21.4 Å². The summed E-state index contributed by atoms with van der Waals surface area (Å²) < 4.78 is 2.13. The second kappa shape index (κ2) is 19.1. The van der Waals surface area contributed by atoms with Crippen molar-refractivity contribution in [1.82, 2.24) is 4.57 Å². The summed E-state index contributed by atoms with van der Waals surface area (Å²) in [5.41, 5.74) is 4.69. The Bertz CT molecular complexity index is 993. The Morgan fingerprint density at radius 1 is 0.744 bits per heavy atom. The number of nitrogens with zero attached hydrogens (tertiary/aromatic N) is 1. The zero-order chi connectivity index (χ0) is 28.5. The normalized spacial score (nSPS) is 11.3. The molecular weight excluding hydrogens is 506 g/mol. The first-order valence-corrected chi connectivity index (χ1v) is 15.9. The van der Waals surface area contributed by atoms with E-state index in [-0.39, 0.29) is 12.2 Å². The van der Waals surface area contributed by atoms with Crippen molar-refractivity contribution < 1.29 is 14.7 Å². The van der Waals surface area contributed by atoms with Crippen LogP contribution in [0.15, 0.2) is 24.3 Å². The highest BCUT2D eigenvalue weighted by molar-refractivity contribution is 6.30. The van der Waals surface area contributed by atoms with Gasteiger partial charge in [0.1, 0.15) is 0 Å². The lowest BCUT2D eigenvalue weighted by molar-refractivity contribution is -0.137. The Morgan fingerprint density at radius 3 is 1.72 bits per heavy atom. The van der Waals surface area contributed by atoms with Gasteiger partial charge < -0.3 is 9.67 Å². The van der Waals surface area contributed by atoms with Crippen molar-refractivity contribution in [1.29, 1.82) is 0 Å². The minimum absolute atomic E-state index is 0.0532. The van der Waals surface area contributed by atoms with Gasteiger partial charge in [-0.3, -0.25) is 9.59 Å². The van der Waals surface area contributed by atoms with E-state index in [0.717, 1.165) is 40.9 Å². The predicted molar refractivity (Wildman–Crippen MR) is 164 cm³/mol. The number of halogens is 1. The van der Waals surface area contributed by atoms with Crippen LogP contribution < -0.4 is 0 Å². The van der Waals surface area contributed by atoms with Crippen LogP contribution in [0.25, 0.3) is 0 Å². The molecule has 5 heteroatoms. The zero-order valence-corrected chi connectivity index (χ0v) is 25.6. The Balaban J connectivity index is 1.75. The van der Waals surface area contributed by atoms with Gasteiger partial charge in [0.2, 0.25) is 0 Å². The Hall–Kier alpha value is -2.07. The molecule has 1 aromatic carbocycles. The molecule has 1 heterocycles. The van der Waals surface area contributed by atoms with E-state index in [2.05, 4.69) is 11.5 Å². The van der Waals surface area contributed by atoms with Crippen LogP contribution in [0.4, 0.5) is 0 Å². The molecule has 218 valence electrons. The van der Waals surface area contributed by atoms with Gasteiger partial charge in [0, 0.05) is 34.9 Å². The SMILES string of the molecule is CCCCCCCCCCCCCCCCCC(=O)c1c(C)c(CCC(=O)O)n(Cc2ccc(Cl)cc2)c1C. The predicted octanol–water partition coefficient (Wildman–Crippen LogP) is 10.3. The number of carboxylic acids is 1. The van der Waals surface area contributed by atoms with Crippen molar-refractivity contribution in [3.63, 3.8) is 0 Å². The molecule has 1 aromatic heterocycles. The summed E-state index contributed by atoms with van der Waals surface area (Å²) in [6.45, 7) is 6.84. The Morgan fingerprint density at radius 2 is 1.23 bits per heavy atom. The lowest BCUT2D eigenvalue weighted by Gasteiger charge is -2.12. The third-order valence-corrected chi connectivity index (χ3v) is 8.27.